The summed E-state index contributed by atoms with van der Waals surface area (Å²) in [4.78, 5) is 14.8. The van der Waals surface area contributed by atoms with Crippen molar-refractivity contribution in [1.29, 1.82) is 0 Å². The first-order chi connectivity index (χ1) is 6.24. The van der Waals surface area contributed by atoms with E-state index >= 15 is 0 Å². The van der Waals surface area contributed by atoms with Crippen molar-refractivity contribution in [3.05, 3.63) is 32.3 Å². The number of nitrogens with zero attached hydrogens (tertiary/aromatic N) is 3. The lowest BCUT2D eigenvalue weighted by atomic mass is 10.3. The van der Waals surface area contributed by atoms with Gasteiger partial charge in [0.05, 0.1) is 4.88 Å². The number of carbonyl (C=O) groups is 1. The smallest absolute Gasteiger partial charge is 0.262 e. The molecule has 0 aliphatic rings. The highest BCUT2D eigenvalue weighted by atomic mass is 35.5. The lowest BCUT2D eigenvalue weighted by Crippen LogP contribution is -1.83. The average molecular weight is 216 g/mol. The average Bonchev–Trinajstić information content (AvgIpc) is 2.53. The van der Waals surface area contributed by atoms with E-state index in [9.17, 15) is 4.79 Å². The van der Waals surface area contributed by atoms with Gasteiger partial charge < -0.3 is 0 Å². The van der Waals surface area contributed by atoms with Crippen molar-refractivity contribution < 1.29 is 4.79 Å². The third-order valence-corrected chi connectivity index (χ3v) is 2.84. The van der Waals surface area contributed by atoms with E-state index < -0.39 is 5.24 Å². The zero-order chi connectivity index (χ0) is 9.68. The Hall–Kier alpha value is -1.03. The Morgan fingerprint density at radius 2 is 2.46 bits per heavy atom. The Kier molecular flexibility index (Phi) is 3.76. The first-order valence-electron chi connectivity index (χ1n) is 3.53. The van der Waals surface area contributed by atoms with Gasteiger partial charge in [-0.2, -0.15) is 0 Å². The van der Waals surface area contributed by atoms with E-state index in [0.29, 0.717) is 17.8 Å². The van der Waals surface area contributed by atoms with E-state index in [1.54, 1.807) is 6.07 Å². The molecule has 13 heavy (non-hydrogen) atoms. The van der Waals surface area contributed by atoms with E-state index in [2.05, 4.69) is 10.0 Å². The third kappa shape index (κ3) is 3.06. The standard InChI is InChI=1S/C7H6ClN3OS/c8-7(12)6-2-1-5(13-6)3-4-10-11-9/h1-2H,3-4H2. The van der Waals surface area contributed by atoms with Crippen molar-refractivity contribution in [3.8, 4) is 0 Å². The Morgan fingerprint density at radius 3 is 3.00 bits per heavy atom. The van der Waals surface area contributed by atoms with Crippen LogP contribution in [0.5, 0.6) is 0 Å². The zero-order valence-corrected chi connectivity index (χ0v) is 8.18. The van der Waals surface area contributed by atoms with Gasteiger partial charge in [-0.25, -0.2) is 0 Å². The molecular weight excluding hydrogens is 210 g/mol. The highest BCUT2D eigenvalue weighted by Gasteiger charge is 2.04. The molecule has 6 heteroatoms. The Balaban J connectivity index is 2.58. The lowest BCUT2D eigenvalue weighted by molar-refractivity contribution is 0.108. The normalized spacial score (nSPS) is 9.31. The molecule has 0 saturated carbocycles. The molecule has 68 valence electrons. The molecule has 0 radical (unpaired) electrons. The molecule has 1 heterocycles. The third-order valence-electron chi connectivity index (χ3n) is 1.38. The highest BCUT2D eigenvalue weighted by molar-refractivity contribution is 7.15. The van der Waals surface area contributed by atoms with Crippen LogP contribution >= 0.6 is 22.9 Å². The van der Waals surface area contributed by atoms with Crippen molar-refractivity contribution >= 4 is 28.2 Å². The molecule has 0 atom stereocenters. The van der Waals surface area contributed by atoms with Crippen molar-refractivity contribution in [3.63, 3.8) is 0 Å². The molecule has 0 aliphatic heterocycles. The van der Waals surface area contributed by atoms with Gasteiger partial charge in [-0.15, -0.1) is 11.3 Å². The SMILES string of the molecule is [N-]=[N+]=NCCc1ccc(C(=O)Cl)s1. The van der Waals surface area contributed by atoms with Crippen LogP contribution in [0.4, 0.5) is 0 Å². The lowest BCUT2D eigenvalue weighted by Gasteiger charge is -1.88. The summed E-state index contributed by atoms with van der Waals surface area (Å²) >= 11 is 6.59. The van der Waals surface area contributed by atoms with Gasteiger partial charge in [0.15, 0.2) is 0 Å². The van der Waals surface area contributed by atoms with Gasteiger partial charge in [-0.05, 0) is 35.7 Å². The minimum absolute atomic E-state index is 0.410. The van der Waals surface area contributed by atoms with Gasteiger partial charge in [0.2, 0.25) is 0 Å². The van der Waals surface area contributed by atoms with Crippen LogP contribution in [0, 0.1) is 0 Å². The van der Waals surface area contributed by atoms with Gasteiger partial charge in [-0.3, -0.25) is 4.79 Å². The van der Waals surface area contributed by atoms with E-state index in [4.69, 9.17) is 17.1 Å². The molecule has 0 saturated heterocycles. The molecule has 0 bridgehead atoms. The zero-order valence-electron chi connectivity index (χ0n) is 6.61. The summed E-state index contributed by atoms with van der Waals surface area (Å²) < 4.78 is 0. The van der Waals surface area contributed by atoms with Crippen molar-refractivity contribution in [2.75, 3.05) is 6.54 Å². The maximum absolute atomic E-state index is 10.7. The van der Waals surface area contributed by atoms with Crippen LogP contribution in [-0.2, 0) is 6.42 Å². The number of carbonyl (C=O) groups excluding carboxylic acids is 1. The largest absolute Gasteiger partial charge is 0.275 e. The van der Waals surface area contributed by atoms with Crippen molar-refractivity contribution in [2.45, 2.75) is 6.42 Å². The van der Waals surface area contributed by atoms with Gasteiger partial charge in [-0.1, -0.05) is 5.11 Å². The van der Waals surface area contributed by atoms with Crippen molar-refractivity contribution in [1.82, 2.24) is 0 Å². The molecule has 1 aromatic heterocycles. The van der Waals surface area contributed by atoms with Crippen LogP contribution in [0.3, 0.4) is 0 Å². The second-order valence-electron chi connectivity index (χ2n) is 2.24. The highest BCUT2D eigenvalue weighted by Crippen LogP contribution is 2.18. The molecular formula is C7H6ClN3OS. The molecule has 0 aliphatic carbocycles. The number of hydrogen-bond donors (Lipinski definition) is 0. The minimum atomic E-state index is -0.444. The number of rotatable bonds is 4. The Morgan fingerprint density at radius 1 is 1.69 bits per heavy atom. The second-order valence-corrected chi connectivity index (χ2v) is 3.76. The van der Waals surface area contributed by atoms with Crippen LogP contribution in [0.1, 0.15) is 14.5 Å². The van der Waals surface area contributed by atoms with E-state index in [1.807, 2.05) is 6.07 Å². The Bertz CT molecular complexity index is 356. The summed E-state index contributed by atoms with van der Waals surface area (Å²) in [6, 6.07) is 3.48. The Labute approximate surface area is 83.8 Å². The summed E-state index contributed by atoms with van der Waals surface area (Å²) in [6.07, 6.45) is 0.652. The minimum Gasteiger partial charge on any atom is -0.275 e. The number of azide groups is 1. The van der Waals surface area contributed by atoms with Gasteiger partial charge in [0.25, 0.3) is 5.24 Å². The summed E-state index contributed by atoms with van der Waals surface area (Å²) in [5.41, 5.74) is 8.02. The van der Waals surface area contributed by atoms with Crippen molar-refractivity contribution in [2.24, 2.45) is 5.11 Å². The molecule has 0 fully saturated rings. The van der Waals surface area contributed by atoms with Crippen LogP contribution in [0.2, 0.25) is 0 Å². The fraction of sp³-hybridized carbons (Fsp3) is 0.286. The fourth-order valence-electron chi connectivity index (χ4n) is 0.823. The van der Waals surface area contributed by atoms with Crippen LogP contribution in [0.15, 0.2) is 17.2 Å². The fourth-order valence-corrected chi connectivity index (χ4v) is 1.83. The summed E-state index contributed by atoms with van der Waals surface area (Å²) in [5, 5.41) is 2.95. The summed E-state index contributed by atoms with van der Waals surface area (Å²) in [7, 11) is 0. The summed E-state index contributed by atoms with van der Waals surface area (Å²) in [6.45, 7) is 0.410. The predicted molar refractivity (Wildman–Crippen MR) is 52.2 cm³/mol. The number of hydrogen-bond acceptors (Lipinski definition) is 3. The molecule has 4 nitrogen and oxygen atoms in total. The maximum Gasteiger partial charge on any atom is 0.262 e. The van der Waals surface area contributed by atoms with Gasteiger partial charge >= 0.3 is 0 Å². The first kappa shape index (κ1) is 10.1. The topological polar surface area (TPSA) is 65.8 Å². The van der Waals surface area contributed by atoms with Gasteiger partial charge in [0, 0.05) is 16.3 Å². The summed E-state index contributed by atoms with van der Waals surface area (Å²) in [5.74, 6) is 0. The van der Waals surface area contributed by atoms with Crippen LogP contribution < -0.4 is 0 Å². The van der Waals surface area contributed by atoms with Crippen LogP contribution in [-0.4, -0.2) is 11.8 Å². The quantitative estimate of drug-likeness (QED) is 0.330. The molecule has 0 unspecified atom stereocenters. The first-order valence-corrected chi connectivity index (χ1v) is 4.73. The molecule has 1 aromatic rings. The molecule has 0 aromatic carbocycles. The molecule has 0 N–H and O–H groups in total. The monoisotopic (exact) mass is 215 g/mol. The molecule has 0 spiro atoms. The second kappa shape index (κ2) is 4.87. The van der Waals surface area contributed by atoms with E-state index in [-0.39, 0.29) is 0 Å². The van der Waals surface area contributed by atoms with E-state index in [1.165, 1.54) is 11.3 Å². The predicted octanol–water partition coefficient (Wildman–Crippen LogP) is 2.98. The molecule has 1 rings (SSSR count). The number of halogens is 1. The number of thiophene rings is 1. The van der Waals surface area contributed by atoms with Gasteiger partial charge in [0.1, 0.15) is 0 Å². The molecule has 0 amide bonds. The van der Waals surface area contributed by atoms with E-state index in [0.717, 1.165) is 4.88 Å². The van der Waals surface area contributed by atoms with Crippen LogP contribution in [0.25, 0.3) is 10.4 Å². The maximum atomic E-state index is 10.7.